The van der Waals surface area contributed by atoms with Crippen molar-refractivity contribution in [1.29, 1.82) is 0 Å². The fraction of sp³-hybridized carbons (Fsp3) is 1.00. The molecule has 7 heavy (non-hydrogen) atoms. The van der Waals surface area contributed by atoms with E-state index >= 15 is 0 Å². The van der Waals surface area contributed by atoms with Gasteiger partial charge in [-0.2, -0.15) is 0 Å². The van der Waals surface area contributed by atoms with E-state index in [0.29, 0.717) is 7.04 Å². The molecule has 0 spiro atoms. The Balaban J connectivity index is 3.33. The van der Waals surface area contributed by atoms with E-state index in [4.69, 9.17) is 5.21 Å². The van der Waals surface area contributed by atoms with Gasteiger partial charge in [0, 0.05) is 0 Å². The van der Waals surface area contributed by atoms with Crippen LogP contribution in [0.4, 0.5) is 0 Å². The van der Waals surface area contributed by atoms with E-state index in [0.717, 1.165) is 4.97 Å². The third-order valence-corrected chi connectivity index (χ3v) is 0.786. The third kappa shape index (κ3) is 2.59. The van der Waals surface area contributed by atoms with Crippen molar-refractivity contribution in [3.63, 3.8) is 0 Å². The van der Waals surface area contributed by atoms with Crippen molar-refractivity contribution < 1.29 is 9.91 Å². The van der Waals surface area contributed by atoms with Crippen molar-refractivity contribution in [2.75, 3.05) is 7.05 Å². The molecule has 36 valence electrons. The number of hydrogen-bond donors (Lipinski definition) is 1. The molecule has 0 saturated carbocycles. The summed E-state index contributed by atoms with van der Waals surface area (Å²) in [6.07, 6.45) is 0. The van der Waals surface area contributed by atoms with Gasteiger partial charge < -0.3 is 0 Å². The van der Waals surface area contributed by atoms with Gasteiger partial charge in [0.15, 0.2) is 0 Å². The Hall–Kier alpha value is -0.0852. The first-order valence-electron chi connectivity index (χ1n) is 2.05. The molecular weight excluding hydrogens is 90.5 g/mol. The van der Waals surface area contributed by atoms with Crippen LogP contribution in [0.25, 0.3) is 0 Å². The van der Waals surface area contributed by atoms with Crippen LogP contribution in [0, 0.1) is 0 Å². The van der Waals surface area contributed by atoms with Crippen LogP contribution in [-0.2, 0) is 4.70 Å². The van der Waals surface area contributed by atoms with E-state index in [9.17, 15) is 4.70 Å². The van der Waals surface area contributed by atoms with E-state index < -0.39 is 0 Å². The summed E-state index contributed by atoms with van der Waals surface area (Å²) in [5.74, 6) is 0. The van der Waals surface area contributed by atoms with E-state index in [-0.39, 0.29) is 6.63 Å². The normalized spacial score (nSPS) is 8.43. The first-order valence-corrected chi connectivity index (χ1v) is 2.05. The molecule has 0 radical (unpaired) electrons. The maximum atomic E-state index is 9.74. The zero-order valence-electron chi connectivity index (χ0n) is 4.46. The molecule has 0 fully saturated rings. The predicted octanol–water partition coefficient (Wildman–Crippen LogP) is -2.02. The Morgan fingerprint density at radius 3 is 2.43 bits per heavy atom. The molecule has 0 bridgehead atoms. The zero-order valence-corrected chi connectivity index (χ0v) is 4.46. The van der Waals surface area contributed by atoms with Gasteiger partial charge >= 0.3 is 43.3 Å². The van der Waals surface area contributed by atoms with Crippen molar-refractivity contribution >= 4 is 21.4 Å². The van der Waals surface area contributed by atoms with Crippen LogP contribution in [0.2, 0.25) is 0 Å². The SMILES string of the molecule is BB(B=O)N(C)O. The summed E-state index contributed by atoms with van der Waals surface area (Å²) < 4.78 is 9.74. The summed E-state index contributed by atoms with van der Waals surface area (Å²) in [7, 11) is 3.70. The number of hydrogen-bond acceptors (Lipinski definition) is 3. The Morgan fingerprint density at radius 1 is 2.00 bits per heavy atom. The molecule has 0 aromatic heterocycles. The average molecular weight is 96.5 g/mol. The van der Waals surface area contributed by atoms with Crippen LogP contribution in [0.5, 0.6) is 0 Å². The van der Waals surface area contributed by atoms with Crippen molar-refractivity contribution in [1.82, 2.24) is 4.97 Å². The van der Waals surface area contributed by atoms with Crippen LogP contribution in [0.15, 0.2) is 0 Å². The minimum absolute atomic E-state index is 0.389. The van der Waals surface area contributed by atoms with E-state index in [2.05, 4.69) is 0 Å². The fourth-order valence-corrected chi connectivity index (χ4v) is 0.0881. The summed E-state index contributed by atoms with van der Waals surface area (Å²) >= 11 is 0. The van der Waals surface area contributed by atoms with E-state index in [1.54, 1.807) is 7.74 Å². The summed E-state index contributed by atoms with van der Waals surface area (Å²) in [5, 5.41) is 8.42. The van der Waals surface area contributed by atoms with Crippen LogP contribution in [-0.4, -0.2) is 38.6 Å². The van der Waals surface area contributed by atoms with Crippen molar-refractivity contribution in [2.45, 2.75) is 0 Å². The molecule has 6 heteroatoms. The van der Waals surface area contributed by atoms with Crippen molar-refractivity contribution in [2.24, 2.45) is 0 Å². The number of nitrogens with zero attached hydrogens (tertiary/aromatic N) is 1. The minimum atomic E-state index is -0.389. The summed E-state index contributed by atoms with van der Waals surface area (Å²) in [4.78, 5) is 0.854. The molecule has 0 aromatic carbocycles. The summed E-state index contributed by atoms with van der Waals surface area (Å²) in [5.41, 5.74) is 0. The summed E-state index contributed by atoms with van der Waals surface area (Å²) in [6.45, 7) is -0.389. The molecule has 0 rings (SSSR count). The van der Waals surface area contributed by atoms with Gasteiger partial charge in [-0.15, -0.1) is 0 Å². The van der Waals surface area contributed by atoms with Crippen molar-refractivity contribution in [3.05, 3.63) is 0 Å². The molecule has 0 heterocycles. The van der Waals surface area contributed by atoms with E-state index in [1.807, 2.05) is 0 Å². The molecule has 3 nitrogen and oxygen atoms in total. The first-order chi connectivity index (χ1) is 3.18. The van der Waals surface area contributed by atoms with Gasteiger partial charge in [-0.1, -0.05) is 0 Å². The zero-order chi connectivity index (χ0) is 5.86. The van der Waals surface area contributed by atoms with Crippen molar-refractivity contribution in [3.8, 4) is 0 Å². The van der Waals surface area contributed by atoms with Crippen LogP contribution in [0.3, 0.4) is 0 Å². The molecule has 0 saturated heterocycles. The topological polar surface area (TPSA) is 40.5 Å². The molecular formula is CH6B3NO2. The summed E-state index contributed by atoms with van der Waals surface area (Å²) in [6, 6.07) is 0. The standard InChI is InChI=1S/CH6B3NO2/c1-5(7)4(2)3-6/h7H,2H2,1H3. The fourth-order valence-electron chi connectivity index (χ4n) is 0.0881. The average Bonchev–Trinajstić information content (AvgIpc) is 1.65. The first kappa shape index (κ1) is 6.91. The van der Waals surface area contributed by atoms with Gasteiger partial charge in [-0.3, -0.25) is 0 Å². The Labute approximate surface area is 44.4 Å². The molecule has 0 aliphatic carbocycles. The Bertz CT molecular complexity index is 66.0. The monoisotopic (exact) mass is 97.1 g/mol. The van der Waals surface area contributed by atoms with Crippen LogP contribution < -0.4 is 0 Å². The quantitative estimate of drug-likeness (QED) is 0.319. The number of hydroxylamine groups is 1. The van der Waals surface area contributed by atoms with Crippen LogP contribution >= 0.6 is 0 Å². The maximum absolute atomic E-state index is 9.74. The second-order valence-corrected chi connectivity index (χ2v) is 1.45. The van der Waals surface area contributed by atoms with Crippen LogP contribution in [0.1, 0.15) is 0 Å². The van der Waals surface area contributed by atoms with Gasteiger partial charge in [0.25, 0.3) is 0 Å². The molecule has 0 aliphatic heterocycles. The Kier molecular flexibility index (Phi) is 2.95. The van der Waals surface area contributed by atoms with Gasteiger partial charge in [0.05, 0.1) is 0 Å². The Morgan fingerprint density at radius 2 is 2.43 bits per heavy atom. The predicted molar refractivity (Wildman–Crippen MR) is 30.3 cm³/mol. The molecule has 0 aliphatic rings. The van der Waals surface area contributed by atoms with E-state index in [1.165, 1.54) is 7.05 Å². The molecule has 1 N–H and O–H groups in total. The third-order valence-electron chi connectivity index (χ3n) is 0.786. The van der Waals surface area contributed by atoms with Gasteiger partial charge in [-0.25, -0.2) is 0 Å². The molecule has 0 amide bonds. The van der Waals surface area contributed by atoms with Gasteiger partial charge in [0.2, 0.25) is 0 Å². The second-order valence-electron chi connectivity index (χ2n) is 1.45. The van der Waals surface area contributed by atoms with Gasteiger partial charge in [-0.05, 0) is 0 Å². The molecule has 0 aromatic rings. The molecule has 0 atom stereocenters. The number of rotatable bonds is 2. The molecule has 0 unspecified atom stereocenters. The van der Waals surface area contributed by atoms with Gasteiger partial charge in [0.1, 0.15) is 0 Å². The second kappa shape index (κ2) is 2.99.